The summed E-state index contributed by atoms with van der Waals surface area (Å²) < 4.78 is 0. The molecular weight excluding hydrogens is 402 g/mol. The maximum absolute atomic E-state index is 13.1. The van der Waals surface area contributed by atoms with Crippen LogP contribution < -0.4 is 5.32 Å². The molecular formula is C31H41NO. The minimum absolute atomic E-state index is 0.239. The fourth-order valence-corrected chi connectivity index (χ4v) is 8.72. The van der Waals surface area contributed by atoms with Crippen LogP contribution in [0.1, 0.15) is 69.8 Å². The summed E-state index contributed by atoms with van der Waals surface area (Å²) in [6.07, 6.45) is 21.9. The van der Waals surface area contributed by atoms with Crippen LogP contribution in [0.3, 0.4) is 0 Å². The second-order valence-corrected chi connectivity index (χ2v) is 11.8. The summed E-state index contributed by atoms with van der Waals surface area (Å²) in [5, 5.41) is 3.29. The van der Waals surface area contributed by atoms with Crippen molar-refractivity contribution >= 4 is 5.91 Å². The summed E-state index contributed by atoms with van der Waals surface area (Å²) >= 11 is 0. The van der Waals surface area contributed by atoms with E-state index in [0.717, 1.165) is 67.2 Å². The van der Waals surface area contributed by atoms with E-state index in [1.165, 1.54) is 56.9 Å². The summed E-state index contributed by atoms with van der Waals surface area (Å²) in [6.45, 7) is 0.768. The van der Waals surface area contributed by atoms with Crippen LogP contribution in [-0.2, 0) is 11.2 Å². The molecule has 1 aromatic carbocycles. The fourth-order valence-electron chi connectivity index (χ4n) is 8.72. The van der Waals surface area contributed by atoms with E-state index in [4.69, 9.17) is 0 Å². The Balaban J connectivity index is 1.11. The third kappa shape index (κ3) is 4.24. The van der Waals surface area contributed by atoms with Gasteiger partial charge in [-0.25, -0.2) is 0 Å². The van der Waals surface area contributed by atoms with Gasteiger partial charge in [0.05, 0.1) is 0 Å². The highest BCUT2D eigenvalue weighted by atomic mass is 16.1. The van der Waals surface area contributed by atoms with Crippen LogP contribution in [0.25, 0.3) is 0 Å². The van der Waals surface area contributed by atoms with Crippen LogP contribution in [0.2, 0.25) is 0 Å². The molecule has 5 aliphatic rings. The van der Waals surface area contributed by atoms with Crippen LogP contribution in [0.5, 0.6) is 0 Å². The lowest BCUT2D eigenvalue weighted by Crippen LogP contribution is -2.47. The number of hydrogen-bond acceptors (Lipinski definition) is 1. The molecule has 2 heteroatoms. The molecule has 8 atom stereocenters. The molecule has 1 aromatic rings. The average Bonchev–Trinajstić information content (AvgIpc) is 2.88. The van der Waals surface area contributed by atoms with E-state index in [2.05, 4.69) is 53.9 Å². The zero-order chi connectivity index (χ0) is 22.2. The van der Waals surface area contributed by atoms with Gasteiger partial charge in [0.2, 0.25) is 5.91 Å². The molecule has 0 heterocycles. The smallest absolute Gasteiger partial charge is 0.223 e. The predicted molar refractivity (Wildman–Crippen MR) is 134 cm³/mol. The Morgan fingerprint density at radius 3 is 2.64 bits per heavy atom. The molecule has 0 spiro atoms. The Labute approximate surface area is 200 Å². The SMILES string of the molecule is O=C(NCCc1ccccc1)C1CCC2CCC3C4CCC5CCC=CC5C4=CCC3C2C1. The molecule has 176 valence electrons. The zero-order valence-electron chi connectivity index (χ0n) is 20.1. The van der Waals surface area contributed by atoms with E-state index in [1.807, 2.05) is 5.57 Å². The van der Waals surface area contributed by atoms with E-state index in [-0.39, 0.29) is 5.92 Å². The number of hydrogen-bond donors (Lipinski definition) is 1. The Morgan fingerprint density at radius 2 is 1.73 bits per heavy atom. The number of benzene rings is 1. The highest BCUT2D eigenvalue weighted by Gasteiger charge is 2.49. The number of carbonyl (C=O) groups is 1. The van der Waals surface area contributed by atoms with Crippen molar-refractivity contribution in [3.8, 4) is 0 Å². The van der Waals surface area contributed by atoms with Gasteiger partial charge in [0, 0.05) is 18.4 Å². The maximum atomic E-state index is 13.1. The molecule has 0 bridgehead atoms. The van der Waals surface area contributed by atoms with Gasteiger partial charge in [-0.2, -0.15) is 0 Å². The van der Waals surface area contributed by atoms with E-state index in [0.29, 0.717) is 5.91 Å². The molecule has 2 nitrogen and oxygen atoms in total. The van der Waals surface area contributed by atoms with Gasteiger partial charge in [-0.15, -0.1) is 0 Å². The van der Waals surface area contributed by atoms with E-state index in [1.54, 1.807) is 0 Å². The second kappa shape index (κ2) is 9.43. The predicted octanol–water partition coefficient (Wildman–Crippen LogP) is 6.73. The van der Waals surface area contributed by atoms with Crippen LogP contribution in [-0.4, -0.2) is 12.5 Å². The van der Waals surface area contributed by atoms with Gasteiger partial charge in [-0.1, -0.05) is 54.1 Å². The molecule has 1 amide bonds. The van der Waals surface area contributed by atoms with Crippen LogP contribution in [0.4, 0.5) is 0 Å². The van der Waals surface area contributed by atoms with Gasteiger partial charge in [0.25, 0.3) is 0 Å². The molecule has 0 radical (unpaired) electrons. The Morgan fingerprint density at radius 1 is 0.879 bits per heavy atom. The fraction of sp³-hybridized carbons (Fsp3) is 0.645. The van der Waals surface area contributed by atoms with Crippen LogP contribution in [0.15, 0.2) is 54.1 Å². The van der Waals surface area contributed by atoms with Crippen molar-refractivity contribution in [2.45, 2.75) is 70.6 Å². The van der Waals surface area contributed by atoms with Gasteiger partial charge in [-0.05, 0) is 112 Å². The summed E-state index contributed by atoms with van der Waals surface area (Å²) in [7, 11) is 0. The largest absolute Gasteiger partial charge is 0.356 e. The zero-order valence-corrected chi connectivity index (χ0v) is 20.1. The molecule has 0 saturated heterocycles. The number of amides is 1. The Kier molecular flexibility index (Phi) is 6.20. The summed E-state index contributed by atoms with van der Waals surface area (Å²) in [6, 6.07) is 10.5. The quantitative estimate of drug-likeness (QED) is 0.514. The van der Waals surface area contributed by atoms with E-state index < -0.39 is 0 Å². The lowest BCUT2D eigenvalue weighted by Gasteiger charge is -2.54. The lowest BCUT2D eigenvalue weighted by molar-refractivity contribution is -0.128. The first-order chi connectivity index (χ1) is 16.3. The topological polar surface area (TPSA) is 29.1 Å². The molecule has 3 fully saturated rings. The molecule has 33 heavy (non-hydrogen) atoms. The van der Waals surface area contributed by atoms with Gasteiger partial charge in [0.1, 0.15) is 0 Å². The standard InChI is InChI=1S/C31H41NO/c33-31(32-19-18-21-6-2-1-3-7-21)24-11-10-23-13-15-28-27-14-12-22-8-4-5-9-25(22)26(27)16-17-29(28)30(23)20-24/h1-3,5-7,9,16,22-25,27-30H,4,8,10-15,17-20H2,(H,32,33). The number of carbonyl (C=O) groups excluding carboxylic acids is 1. The first-order valence-corrected chi connectivity index (χ1v) is 14.0. The Hall–Kier alpha value is -1.83. The minimum Gasteiger partial charge on any atom is -0.356 e. The van der Waals surface area contributed by atoms with Crippen molar-refractivity contribution in [1.29, 1.82) is 0 Å². The number of allylic oxidation sites excluding steroid dienone is 4. The van der Waals surface area contributed by atoms with Gasteiger partial charge in [-0.3, -0.25) is 4.79 Å². The van der Waals surface area contributed by atoms with Crippen LogP contribution in [0, 0.1) is 47.3 Å². The van der Waals surface area contributed by atoms with Gasteiger partial charge in [0.15, 0.2) is 0 Å². The second-order valence-electron chi connectivity index (χ2n) is 11.8. The minimum atomic E-state index is 0.239. The highest BCUT2D eigenvalue weighted by Crippen LogP contribution is 2.58. The third-order valence-corrected chi connectivity index (χ3v) is 10.3. The Bertz CT molecular complexity index is 901. The maximum Gasteiger partial charge on any atom is 0.223 e. The van der Waals surface area contributed by atoms with Crippen molar-refractivity contribution in [3.05, 3.63) is 59.7 Å². The third-order valence-electron chi connectivity index (χ3n) is 10.3. The highest BCUT2D eigenvalue weighted by molar-refractivity contribution is 5.78. The van der Waals surface area contributed by atoms with Gasteiger partial charge >= 0.3 is 0 Å². The molecule has 8 unspecified atom stereocenters. The van der Waals surface area contributed by atoms with Gasteiger partial charge < -0.3 is 5.32 Å². The summed E-state index contributed by atoms with van der Waals surface area (Å²) in [5.74, 6) is 6.46. The first-order valence-electron chi connectivity index (χ1n) is 14.0. The monoisotopic (exact) mass is 443 g/mol. The number of fused-ring (bicyclic) bond motifs is 7. The van der Waals surface area contributed by atoms with E-state index >= 15 is 0 Å². The number of rotatable bonds is 4. The molecule has 0 aromatic heterocycles. The molecule has 3 saturated carbocycles. The lowest BCUT2D eigenvalue weighted by atomic mass is 9.51. The van der Waals surface area contributed by atoms with Crippen molar-refractivity contribution in [3.63, 3.8) is 0 Å². The van der Waals surface area contributed by atoms with Crippen molar-refractivity contribution in [1.82, 2.24) is 5.32 Å². The molecule has 1 N–H and O–H groups in total. The average molecular weight is 444 g/mol. The first kappa shape index (κ1) is 21.7. The van der Waals surface area contributed by atoms with Crippen LogP contribution >= 0.6 is 0 Å². The summed E-state index contributed by atoms with van der Waals surface area (Å²) in [4.78, 5) is 13.1. The van der Waals surface area contributed by atoms with Crippen molar-refractivity contribution in [2.75, 3.05) is 6.54 Å². The normalized spacial score (nSPS) is 39.3. The molecule has 6 rings (SSSR count). The molecule has 0 aliphatic heterocycles. The van der Waals surface area contributed by atoms with Crippen molar-refractivity contribution < 1.29 is 4.79 Å². The van der Waals surface area contributed by atoms with Crippen molar-refractivity contribution in [2.24, 2.45) is 47.3 Å². The summed E-state index contributed by atoms with van der Waals surface area (Å²) in [5.41, 5.74) is 3.14. The van der Waals surface area contributed by atoms with E-state index in [9.17, 15) is 4.79 Å². The number of nitrogens with one attached hydrogen (secondary N) is 1. The molecule has 5 aliphatic carbocycles.